The molecule has 1 heterocycles. The van der Waals surface area contributed by atoms with Crippen molar-refractivity contribution in [3.63, 3.8) is 0 Å². The van der Waals surface area contributed by atoms with Gasteiger partial charge in [-0.1, -0.05) is 0 Å². The standard InChI is InChI=1S/C22H25N3O5S/c1-16(30-20-5-3-17(15-23)4-6-20)22(26)24-18-11-13-25(14-12-18)31(27,28)21-9-7-19(29-2)8-10-21/h3-10,16,18H,11-14H2,1-2H3,(H,24,26)/t16-/m1/s1. The van der Waals surface area contributed by atoms with Gasteiger partial charge in [0.05, 0.1) is 23.6 Å². The van der Waals surface area contributed by atoms with Gasteiger partial charge in [0.25, 0.3) is 5.91 Å². The van der Waals surface area contributed by atoms with E-state index >= 15 is 0 Å². The average molecular weight is 444 g/mol. The molecule has 0 bridgehead atoms. The maximum Gasteiger partial charge on any atom is 0.260 e. The molecule has 3 rings (SSSR count). The number of nitrogens with zero attached hydrogens (tertiary/aromatic N) is 2. The third-order valence-corrected chi connectivity index (χ3v) is 7.08. The normalized spacial score (nSPS) is 16.2. The van der Waals surface area contributed by atoms with Gasteiger partial charge in [-0.05, 0) is 68.3 Å². The third kappa shape index (κ3) is 5.54. The van der Waals surface area contributed by atoms with E-state index in [1.807, 2.05) is 6.07 Å². The summed E-state index contributed by atoms with van der Waals surface area (Å²) < 4.78 is 37.8. The summed E-state index contributed by atoms with van der Waals surface area (Å²) in [4.78, 5) is 12.7. The summed E-state index contributed by atoms with van der Waals surface area (Å²) in [6, 6.07) is 14.7. The molecule has 1 aliphatic heterocycles. The molecule has 9 heteroatoms. The minimum absolute atomic E-state index is 0.123. The zero-order valence-electron chi connectivity index (χ0n) is 17.4. The lowest BCUT2D eigenvalue weighted by Crippen LogP contribution is -2.49. The summed E-state index contributed by atoms with van der Waals surface area (Å²) >= 11 is 0. The van der Waals surface area contributed by atoms with Crippen LogP contribution in [0.15, 0.2) is 53.4 Å². The van der Waals surface area contributed by atoms with Crippen LogP contribution in [0.4, 0.5) is 0 Å². The zero-order chi connectivity index (χ0) is 22.4. The summed E-state index contributed by atoms with van der Waals surface area (Å²) in [5, 5.41) is 11.8. The van der Waals surface area contributed by atoms with Crippen LogP contribution >= 0.6 is 0 Å². The van der Waals surface area contributed by atoms with Crippen molar-refractivity contribution in [1.29, 1.82) is 5.26 Å². The molecule has 1 aliphatic rings. The molecular weight excluding hydrogens is 418 g/mol. The van der Waals surface area contributed by atoms with Crippen LogP contribution in [0.1, 0.15) is 25.3 Å². The average Bonchev–Trinajstić information content (AvgIpc) is 2.80. The molecule has 0 saturated carbocycles. The van der Waals surface area contributed by atoms with Gasteiger partial charge >= 0.3 is 0 Å². The summed E-state index contributed by atoms with van der Waals surface area (Å²) in [6.07, 6.45) is 0.323. The van der Waals surface area contributed by atoms with Crippen molar-refractivity contribution < 1.29 is 22.7 Å². The highest BCUT2D eigenvalue weighted by Crippen LogP contribution is 2.23. The summed E-state index contributed by atoms with van der Waals surface area (Å²) in [5.41, 5.74) is 0.515. The highest BCUT2D eigenvalue weighted by atomic mass is 32.2. The number of hydrogen-bond acceptors (Lipinski definition) is 6. The van der Waals surface area contributed by atoms with E-state index in [1.165, 1.54) is 23.5 Å². The molecule has 0 unspecified atom stereocenters. The molecule has 1 saturated heterocycles. The largest absolute Gasteiger partial charge is 0.497 e. The Morgan fingerprint density at radius 3 is 2.23 bits per heavy atom. The van der Waals surface area contributed by atoms with Gasteiger partial charge in [-0.3, -0.25) is 4.79 Å². The Bertz CT molecular complexity index is 1040. The second kappa shape index (κ2) is 9.81. The number of benzene rings is 2. The van der Waals surface area contributed by atoms with Crippen molar-refractivity contribution in [2.24, 2.45) is 0 Å². The van der Waals surface area contributed by atoms with E-state index in [0.29, 0.717) is 43.0 Å². The van der Waals surface area contributed by atoms with Crippen LogP contribution in [0.3, 0.4) is 0 Å². The Morgan fingerprint density at radius 1 is 1.10 bits per heavy atom. The number of amides is 1. The van der Waals surface area contributed by atoms with Crippen LogP contribution in [-0.4, -0.2) is 51.0 Å². The van der Waals surface area contributed by atoms with E-state index in [2.05, 4.69) is 5.32 Å². The first-order valence-electron chi connectivity index (χ1n) is 9.95. The van der Waals surface area contributed by atoms with Crippen LogP contribution in [0.5, 0.6) is 11.5 Å². The van der Waals surface area contributed by atoms with Crippen LogP contribution in [-0.2, 0) is 14.8 Å². The third-order valence-electron chi connectivity index (χ3n) is 5.16. The first-order chi connectivity index (χ1) is 14.8. The minimum Gasteiger partial charge on any atom is -0.497 e. The number of methoxy groups -OCH3 is 1. The quantitative estimate of drug-likeness (QED) is 0.703. The number of carbonyl (C=O) groups is 1. The van der Waals surface area contributed by atoms with Crippen molar-refractivity contribution in [2.75, 3.05) is 20.2 Å². The lowest BCUT2D eigenvalue weighted by atomic mass is 10.1. The molecule has 0 aliphatic carbocycles. The molecule has 1 N–H and O–H groups in total. The maximum atomic E-state index is 12.8. The Hall–Kier alpha value is -3.09. The lowest BCUT2D eigenvalue weighted by Gasteiger charge is -2.32. The second-order valence-electron chi connectivity index (χ2n) is 7.26. The monoisotopic (exact) mass is 443 g/mol. The first kappa shape index (κ1) is 22.6. The van der Waals surface area contributed by atoms with Crippen LogP contribution in [0.2, 0.25) is 0 Å². The summed E-state index contributed by atoms with van der Waals surface area (Å²) in [5.74, 6) is 0.834. The summed E-state index contributed by atoms with van der Waals surface area (Å²) in [6.45, 7) is 2.30. The molecule has 1 fully saturated rings. The second-order valence-corrected chi connectivity index (χ2v) is 9.20. The Kier molecular flexibility index (Phi) is 7.15. The van der Waals surface area contributed by atoms with Crippen molar-refractivity contribution in [3.05, 3.63) is 54.1 Å². The predicted molar refractivity (Wildman–Crippen MR) is 114 cm³/mol. The Labute approximate surface area is 182 Å². The number of carbonyl (C=O) groups excluding carboxylic acids is 1. The molecule has 2 aromatic carbocycles. The van der Waals surface area contributed by atoms with Crippen molar-refractivity contribution in [1.82, 2.24) is 9.62 Å². The number of nitrogens with one attached hydrogen (secondary N) is 1. The predicted octanol–water partition coefficient (Wildman–Crippen LogP) is 2.30. The molecule has 8 nitrogen and oxygen atoms in total. The van der Waals surface area contributed by atoms with Gasteiger partial charge in [-0.15, -0.1) is 0 Å². The SMILES string of the molecule is COc1ccc(S(=O)(=O)N2CCC(NC(=O)[C@@H](C)Oc3ccc(C#N)cc3)CC2)cc1. The van der Waals surface area contributed by atoms with E-state index in [-0.39, 0.29) is 16.8 Å². The number of rotatable bonds is 7. The van der Waals surface area contributed by atoms with Gasteiger partial charge in [-0.2, -0.15) is 9.57 Å². The lowest BCUT2D eigenvalue weighted by molar-refractivity contribution is -0.128. The van der Waals surface area contributed by atoms with Gasteiger partial charge in [0.1, 0.15) is 11.5 Å². The van der Waals surface area contributed by atoms with Crippen molar-refractivity contribution in [2.45, 2.75) is 36.8 Å². The highest BCUT2D eigenvalue weighted by Gasteiger charge is 2.30. The smallest absolute Gasteiger partial charge is 0.260 e. The molecule has 0 radical (unpaired) electrons. The minimum atomic E-state index is -3.58. The van der Waals surface area contributed by atoms with Gasteiger partial charge in [0.15, 0.2) is 6.10 Å². The molecule has 31 heavy (non-hydrogen) atoms. The summed E-state index contributed by atoms with van der Waals surface area (Å²) in [7, 11) is -2.06. The van der Waals surface area contributed by atoms with E-state index in [9.17, 15) is 13.2 Å². The van der Waals surface area contributed by atoms with E-state index in [1.54, 1.807) is 43.3 Å². The molecule has 164 valence electrons. The number of nitriles is 1. The number of ether oxygens (including phenoxy) is 2. The maximum absolute atomic E-state index is 12.8. The van der Waals surface area contributed by atoms with Gasteiger partial charge in [-0.25, -0.2) is 8.42 Å². The van der Waals surface area contributed by atoms with Crippen LogP contribution < -0.4 is 14.8 Å². The molecule has 0 aromatic heterocycles. The van der Waals surface area contributed by atoms with E-state index in [4.69, 9.17) is 14.7 Å². The topological polar surface area (TPSA) is 109 Å². The van der Waals surface area contributed by atoms with Crippen molar-refractivity contribution >= 4 is 15.9 Å². The highest BCUT2D eigenvalue weighted by molar-refractivity contribution is 7.89. The molecule has 2 aromatic rings. The van der Waals surface area contributed by atoms with Gasteiger partial charge < -0.3 is 14.8 Å². The van der Waals surface area contributed by atoms with Crippen LogP contribution in [0.25, 0.3) is 0 Å². The molecule has 1 atom stereocenters. The molecular formula is C22H25N3O5S. The van der Waals surface area contributed by atoms with Gasteiger partial charge in [0, 0.05) is 19.1 Å². The Morgan fingerprint density at radius 2 is 1.68 bits per heavy atom. The van der Waals surface area contributed by atoms with Crippen LogP contribution in [0, 0.1) is 11.3 Å². The fourth-order valence-corrected chi connectivity index (χ4v) is 4.79. The number of hydrogen-bond donors (Lipinski definition) is 1. The fraction of sp³-hybridized carbons (Fsp3) is 0.364. The van der Waals surface area contributed by atoms with Gasteiger partial charge in [0.2, 0.25) is 10.0 Å². The molecule has 0 spiro atoms. The number of sulfonamides is 1. The van der Waals surface area contributed by atoms with E-state index < -0.39 is 16.1 Å². The Balaban J connectivity index is 1.51. The first-order valence-corrected chi connectivity index (χ1v) is 11.4. The van der Waals surface area contributed by atoms with E-state index in [0.717, 1.165) is 0 Å². The fourth-order valence-electron chi connectivity index (χ4n) is 3.32. The molecule has 1 amide bonds. The van der Waals surface area contributed by atoms with Crippen molar-refractivity contribution in [3.8, 4) is 17.6 Å². The number of piperidine rings is 1. The zero-order valence-corrected chi connectivity index (χ0v) is 18.3.